The molecule has 1 aromatic rings. The second-order valence-electron chi connectivity index (χ2n) is 6.22. The van der Waals surface area contributed by atoms with Gasteiger partial charge in [-0.1, -0.05) is 11.2 Å². The van der Waals surface area contributed by atoms with Crippen LogP contribution in [0.5, 0.6) is 0 Å². The Balaban J connectivity index is 1.80. The molecule has 0 aliphatic carbocycles. The van der Waals surface area contributed by atoms with Gasteiger partial charge in [0.05, 0.1) is 4.91 Å². The van der Waals surface area contributed by atoms with Gasteiger partial charge in [0, 0.05) is 5.75 Å². The van der Waals surface area contributed by atoms with E-state index in [2.05, 4.69) is 20.3 Å². The molecule has 0 radical (unpaired) electrons. The minimum absolute atomic E-state index is 0.00674. The molecule has 2 atom stereocenters. The SMILES string of the molecule is CSC1=C(OC(=O)O)N2C(=O)C(NC(=O)C(=NOCC(=O)O)c3cccc(N)n3)[C@@H]2SC1. The highest BCUT2D eigenvalue weighted by Crippen LogP contribution is 2.43. The molecule has 2 aliphatic heterocycles. The number of carboxylic acid groups (broad SMARTS) is 2. The zero-order chi connectivity index (χ0) is 23.4. The Kier molecular flexibility index (Phi) is 7.09. The Morgan fingerprint density at radius 3 is 2.78 bits per heavy atom. The van der Waals surface area contributed by atoms with Crippen molar-refractivity contribution in [1.29, 1.82) is 0 Å². The van der Waals surface area contributed by atoms with Gasteiger partial charge in [-0.05, 0) is 18.4 Å². The number of hydrogen-bond acceptors (Lipinski definition) is 11. The Labute approximate surface area is 189 Å². The van der Waals surface area contributed by atoms with Crippen LogP contribution in [0.2, 0.25) is 0 Å². The monoisotopic (exact) mass is 483 g/mol. The lowest BCUT2D eigenvalue weighted by atomic mass is 10.1. The van der Waals surface area contributed by atoms with Crippen LogP contribution in [0.4, 0.5) is 10.6 Å². The van der Waals surface area contributed by atoms with Gasteiger partial charge in [-0.15, -0.1) is 23.5 Å². The maximum atomic E-state index is 12.9. The standard InChI is InChI=1S/C17H17N5O8S2/c1-31-8-6-32-16-12(14(26)22(16)15(8)30-17(27)28)20-13(25)11(21-29-5-10(23)24)7-3-2-4-9(18)19-7/h2-4,12,16H,5-6H2,1H3,(H2,18,19)(H,20,25)(H,23,24)(H,27,28)/t12?,16-/m0/s1. The zero-order valence-corrected chi connectivity index (χ0v) is 18.0. The fourth-order valence-corrected chi connectivity index (χ4v) is 4.99. The van der Waals surface area contributed by atoms with Gasteiger partial charge in [0.1, 0.15) is 22.9 Å². The summed E-state index contributed by atoms with van der Waals surface area (Å²) in [6.07, 6.45) is 0.166. The third kappa shape index (κ3) is 4.88. The van der Waals surface area contributed by atoms with Crippen molar-refractivity contribution in [2.24, 2.45) is 5.16 Å². The number of anilines is 1. The highest BCUT2D eigenvalue weighted by Gasteiger charge is 2.54. The van der Waals surface area contributed by atoms with Crippen LogP contribution in [-0.2, 0) is 24.0 Å². The van der Waals surface area contributed by atoms with Gasteiger partial charge in [0.15, 0.2) is 5.71 Å². The number of aromatic nitrogens is 1. The average molecular weight is 483 g/mol. The Bertz CT molecular complexity index is 1030. The molecule has 3 rings (SSSR count). The van der Waals surface area contributed by atoms with Crippen molar-refractivity contribution in [3.8, 4) is 0 Å². The lowest BCUT2D eigenvalue weighted by Gasteiger charge is -2.48. The number of nitrogen functional groups attached to an aromatic ring is 1. The number of carbonyl (C=O) groups is 4. The predicted octanol–water partition coefficient (Wildman–Crippen LogP) is 0.0957. The number of rotatable bonds is 8. The number of thioether (sulfide) groups is 2. The number of hydrogen-bond donors (Lipinski definition) is 4. The number of carboxylic acids is 1. The van der Waals surface area contributed by atoms with Gasteiger partial charge in [-0.2, -0.15) is 0 Å². The summed E-state index contributed by atoms with van der Waals surface area (Å²) in [6, 6.07) is 3.39. The van der Waals surface area contributed by atoms with Crippen LogP contribution >= 0.6 is 23.5 Å². The van der Waals surface area contributed by atoms with E-state index in [-0.39, 0.29) is 23.1 Å². The first-order chi connectivity index (χ1) is 15.2. The quantitative estimate of drug-likeness (QED) is 0.169. The topological polar surface area (TPSA) is 194 Å². The fraction of sp³-hybridized carbons (Fsp3) is 0.294. The number of aliphatic carboxylic acids is 1. The summed E-state index contributed by atoms with van der Waals surface area (Å²) in [7, 11) is 0. The number of ether oxygens (including phenoxy) is 1. The molecule has 3 heterocycles. The van der Waals surface area contributed by atoms with E-state index in [0.29, 0.717) is 10.7 Å². The molecule has 0 saturated carbocycles. The van der Waals surface area contributed by atoms with E-state index in [9.17, 15) is 19.2 Å². The second-order valence-corrected chi connectivity index (χ2v) is 8.22. The van der Waals surface area contributed by atoms with Gasteiger partial charge < -0.3 is 30.8 Å². The zero-order valence-electron chi connectivity index (χ0n) is 16.4. The van der Waals surface area contributed by atoms with E-state index >= 15 is 0 Å². The number of β-lactam (4-membered cyclic amide) rings is 1. The normalized spacial score (nSPS) is 20.2. The minimum atomic E-state index is -1.56. The molecule has 32 heavy (non-hydrogen) atoms. The Morgan fingerprint density at radius 2 is 2.16 bits per heavy atom. The number of fused-ring (bicyclic) bond motifs is 1. The van der Waals surface area contributed by atoms with Crippen LogP contribution in [0.3, 0.4) is 0 Å². The maximum absolute atomic E-state index is 12.9. The highest BCUT2D eigenvalue weighted by atomic mass is 32.2. The van der Waals surface area contributed by atoms with Crippen LogP contribution in [0.15, 0.2) is 34.1 Å². The molecular formula is C17H17N5O8S2. The Hall–Kier alpha value is -3.46. The Morgan fingerprint density at radius 1 is 1.41 bits per heavy atom. The predicted molar refractivity (Wildman–Crippen MR) is 113 cm³/mol. The molecule has 5 N–H and O–H groups in total. The summed E-state index contributed by atoms with van der Waals surface area (Å²) in [4.78, 5) is 57.7. The van der Waals surface area contributed by atoms with Crippen LogP contribution in [0, 0.1) is 0 Å². The number of nitrogens with zero attached hydrogens (tertiary/aromatic N) is 3. The molecule has 1 fully saturated rings. The first kappa shape index (κ1) is 23.2. The van der Waals surface area contributed by atoms with Crippen LogP contribution < -0.4 is 11.1 Å². The molecule has 0 bridgehead atoms. The van der Waals surface area contributed by atoms with Crippen LogP contribution in [-0.4, -0.2) is 79.8 Å². The summed E-state index contributed by atoms with van der Waals surface area (Å²) in [5.74, 6) is -2.36. The molecule has 170 valence electrons. The average Bonchev–Trinajstić information content (AvgIpc) is 2.73. The third-order valence-electron chi connectivity index (χ3n) is 4.17. The van der Waals surface area contributed by atoms with Crippen molar-refractivity contribution >= 4 is 59.0 Å². The van der Waals surface area contributed by atoms with E-state index in [4.69, 9.17) is 20.7 Å². The number of nitrogens with one attached hydrogen (secondary N) is 1. The van der Waals surface area contributed by atoms with E-state index < -0.39 is 42.0 Å². The molecular weight excluding hydrogens is 466 g/mol. The molecule has 2 amide bonds. The van der Waals surface area contributed by atoms with Crippen molar-refractivity contribution in [3.63, 3.8) is 0 Å². The van der Waals surface area contributed by atoms with Crippen LogP contribution in [0.1, 0.15) is 5.69 Å². The van der Waals surface area contributed by atoms with E-state index in [1.807, 2.05) is 0 Å². The summed E-state index contributed by atoms with van der Waals surface area (Å²) >= 11 is 2.57. The van der Waals surface area contributed by atoms with Gasteiger partial charge in [0.2, 0.25) is 12.5 Å². The first-order valence-corrected chi connectivity index (χ1v) is 11.1. The van der Waals surface area contributed by atoms with Gasteiger partial charge in [0.25, 0.3) is 11.8 Å². The number of carbonyl (C=O) groups excluding carboxylic acids is 2. The highest BCUT2D eigenvalue weighted by molar-refractivity contribution is 8.05. The number of pyridine rings is 1. The summed E-state index contributed by atoms with van der Waals surface area (Å²) in [5.41, 5.74) is 5.26. The van der Waals surface area contributed by atoms with Crippen LogP contribution in [0.25, 0.3) is 0 Å². The maximum Gasteiger partial charge on any atom is 0.512 e. The van der Waals surface area contributed by atoms with Crippen molar-refractivity contribution < 1.29 is 39.0 Å². The number of amides is 2. The molecule has 1 saturated heterocycles. The van der Waals surface area contributed by atoms with Gasteiger partial charge in [-0.3, -0.25) is 14.5 Å². The fourth-order valence-electron chi connectivity index (χ4n) is 2.83. The molecule has 1 unspecified atom stereocenters. The summed E-state index contributed by atoms with van der Waals surface area (Å²) in [5, 5.41) is 23.2. The molecule has 1 aromatic heterocycles. The minimum Gasteiger partial charge on any atom is -0.479 e. The van der Waals surface area contributed by atoms with Crippen molar-refractivity contribution in [1.82, 2.24) is 15.2 Å². The largest absolute Gasteiger partial charge is 0.512 e. The first-order valence-electron chi connectivity index (χ1n) is 8.81. The third-order valence-corrected chi connectivity index (χ3v) is 6.45. The van der Waals surface area contributed by atoms with Crippen molar-refractivity contribution in [2.45, 2.75) is 11.4 Å². The smallest absolute Gasteiger partial charge is 0.479 e. The van der Waals surface area contributed by atoms with Crippen molar-refractivity contribution in [2.75, 3.05) is 24.3 Å². The van der Waals surface area contributed by atoms with Crippen molar-refractivity contribution in [3.05, 3.63) is 34.7 Å². The lowest BCUT2D eigenvalue weighted by molar-refractivity contribution is -0.148. The van der Waals surface area contributed by atoms with Gasteiger partial charge >= 0.3 is 12.1 Å². The molecule has 0 aromatic carbocycles. The molecule has 13 nitrogen and oxygen atoms in total. The number of nitrogens with two attached hydrogens (primary N) is 1. The summed E-state index contributed by atoms with van der Waals surface area (Å²) < 4.78 is 4.79. The number of oxime groups is 1. The molecule has 0 spiro atoms. The second kappa shape index (κ2) is 9.78. The van der Waals surface area contributed by atoms with E-state index in [0.717, 1.165) is 4.90 Å². The summed E-state index contributed by atoms with van der Waals surface area (Å²) in [6.45, 7) is -0.800. The van der Waals surface area contributed by atoms with E-state index in [1.165, 1.54) is 41.7 Å². The van der Waals surface area contributed by atoms with E-state index in [1.54, 1.807) is 6.26 Å². The molecule has 15 heteroatoms. The lowest BCUT2D eigenvalue weighted by Crippen LogP contribution is -2.70. The van der Waals surface area contributed by atoms with Gasteiger partial charge in [-0.25, -0.2) is 14.6 Å². The molecule has 2 aliphatic rings.